The molecule has 0 amide bonds. The topological polar surface area (TPSA) is 15.3 Å². The lowest BCUT2D eigenvalue weighted by molar-refractivity contribution is 0.181. The molecule has 1 fully saturated rings. The highest BCUT2D eigenvalue weighted by Crippen LogP contribution is 2.21. The van der Waals surface area contributed by atoms with Crippen molar-refractivity contribution in [3.05, 3.63) is 35.9 Å². The maximum absolute atomic E-state index is 3.40. The fourth-order valence-electron chi connectivity index (χ4n) is 3.12. The largest absolute Gasteiger partial charge is 0.317 e. The first-order chi connectivity index (χ1) is 9.88. The van der Waals surface area contributed by atoms with Crippen molar-refractivity contribution in [1.29, 1.82) is 0 Å². The summed E-state index contributed by atoms with van der Waals surface area (Å²) >= 11 is 0. The van der Waals surface area contributed by atoms with Crippen LogP contribution in [0.4, 0.5) is 0 Å². The van der Waals surface area contributed by atoms with Crippen molar-refractivity contribution in [2.75, 3.05) is 32.7 Å². The van der Waals surface area contributed by atoms with E-state index in [-0.39, 0.29) is 0 Å². The van der Waals surface area contributed by atoms with Gasteiger partial charge in [0.2, 0.25) is 0 Å². The summed E-state index contributed by atoms with van der Waals surface area (Å²) in [5.41, 5.74) is 1.51. The summed E-state index contributed by atoms with van der Waals surface area (Å²) in [6.07, 6.45) is 6.69. The van der Waals surface area contributed by atoms with Crippen LogP contribution in [0.3, 0.4) is 0 Å². The van der Waals surface area contributed by atoms with Crippen LogP contribution in [0.2, 0.25) is 0 Å². The van der Waals surface area contributed by atoms with Gasteiger partial charge in [0, 0.05) is 0 Å². The second-order valence-corrected chi connectivity index (χ2v) is 6.04. The molecular formula is C18H30N2. The normalized spacial score (nSPS) is 17.4. The van der Waals surface area contributed by atoms with E-state index in [1.807, 2.05) is 0 Å². The first kappa shape index (κ1) is 15.5. The van der Waals surface area contributed by atoms with Gasteiger partial charge in [-0.25, -0.2) is 0 Å². The number of unbranched alkanes of at least 4 members (excludes halogenated alkanes) is 1. The van der Waals surface area contributed by atoms with Gasteiger partial charge in [-0.15, -0.1) is 0 Å². The third kappa shape index (κ3) is 5.64. The quantitative estimate of drug-likeness (QED) is 0.732. The zero-order chi connectivity index (χ0) is 14.0. The summed E-state index contributed by atoms with van der Waals surface area (Å²) < 4.78 is 0. The lowest BCUT2D eigenvalue weighted by Crippen LogP contribution is -2.35. The minimum Gasteiger partial charge on any atom is -0.317 e. The zero-order valence-corrected chi connectivity index (χ0v) is 13.0. The molecule has 20 heavy (non-hydrogen) atoms. The van der Waals surface area contributed by atoms with E-state index in [0.29, 0.717) is 0 Å². The Labute approximate surface area is 124 Å². The zero-order valence-electron chi connectivity index (χ0n) is 13.0. The fraction of sp³-hybridized carbons (Fsp3) is 0.667. The van der Waals surface area contributed by atoms with Crippen molar-refractivity contribution >= 4 is 0 Å². The standard InChI is InChI=1S/C18H30N2/c1-2-19-12-6-7-13-20-14-10-18(11-15-20)16-17-8-4-3-5-9-17/h3-5,8-9,18-19H,2,6-7,10-16H2,1H3. The molecule has 0 aliphatic carbocycles. The maximum Gasteiger partial charge on any atom is -0.00160 e. The van der Waals surface area contributed by atoms with Crippen LogP contribution in [-0.4, -0.2) is 37.6 Å². The van der Waals surface area contributed by atoms with Crippen LogP contribution in [0, 0.1) is 5.92 Å². The monoisotopic (exact) mass is 274 g/mol. The number of hydrogen-bond acceptors (Lipinski definition) is 2. The molecule has 1 aromatic rings. The molecule has 1 aromatic carbocycles. The van der Waals surface area contributed by atoms with E-state index in [4.69, 9.17) is 0 Å². The fourth-order valence-corrected chi connectivity index (χ4v) is 3.12. The first-order valence-electron chi connectivity index (χ1n) is 8.35. The van der Waals surface area contributed by atoms with Gasteiger partial charge < -0.3 is 10.2 Å². The van der Waals surface area contributed by atoms with Gasteiger partial charge in [-0.2, -0.15) is 0 Å². The van der Waals surface area contributed by atoms with Gasteiger partial charge >= 0.3 is 0 Å². The van der Waals surface area contributed by atoms with Crippen LogP contribution in [0.5, 0.6) is 0 Å². The highest BCUT2D eigenvalue weighted by molar-refractivity contribution is 5.15. The van der Waals surface area contributed by atoms with Crippen LogP contribution in [0.15, 0.2) is 30.3 Å². The molecule has 1 N–H and O–H groups in total. The minimum absolute atomic E-state index is 0.899. The predicted molar refractivity (Wildman–Crippen MR) is 87.1 cm³/mol. The molecule has 0 spiro atoms. The molecule has 1 aliphatic rings. The summed E-state index contributed by atoms with van der Waals surface area (Å²) in [5.74, 6) is 0.899. The van der Waals surface area contributed by atoms with Crippen LogP contribution in [-0.2, 0) is 6.42 Å². The second-order valence-electron chi connectivity index (χ2n) is 6.04. The van der Waals surface area contributed by atoms with Gasteiger partial charge in [0.1, 0.15) is 0 Å². The number of rotatable bonds is 8. The van der Waals surface area contributed by atoms with Gasteiger partial charge in [0.15, 0.2) is 0 Å². The van der Waals surface area contributed by atoms with Crippen molar-refractivity contribution in [1.82, 2.24) is 10.2 Å². The third-order valence-corrected chi connectivity index (χ3v) is 4.40. The lowest BCUT2D eigenvalue weighted by atomic mass is 9.90. The summed E-state index contributed by atoms with van der Waals surface area (Å²) in [5, 5.41) is 3.40. The average Bonchev–Trinajstić information content (AvgIpc) is 2.50. The van der Waals surface area contributed by atoms with Crippen molar-refractivity contribution in [2.45, 2.75) is 39.0 Å². The minimum atomic E-state index is 0.899. The maximum atomic E-state index is 3.40. The molecule has 1 aliphatic heterocycles. The molecule has 2 heteroatoms. The van der Waals surface area contributed by atoms with E-state index >= 15 is 0 Å². The van der Waals surface area contributed by atoms with Crippen molar-refractivity contribution in [3.63, 3.8) is 0 Å². The van der Waals surface area contributed by atoms with Gasteiger partial charge in [-0.05, 0) is 76.3 Å². The predicted octanol–water partition coefficient (Wildman–Crippen LogP) is 3.33. The summed E-state index contributed by atoms with van der Waals surface area (Å²) in [6, 6.07) is 11.0. The van der Waals surface area contributed by atoms with Crippen LogP contribution in [0.25, 0.3) is 0 Å². The third-order valence-electron chi connectivity index (χ3n) is 4.40. The number of likely N-dealkylation sites (tertiary alicyclic amines) is 1. The SMILES string of the molecule is CCNCCCCN1CCC(Cc2ccccc2)CC1. The highest BCUT2D eigenvalue weighted by atomic mass is 15.1. The molecule has 2 nitrogen and oxygen atoms in total. The molecule has 0 radical (unpaired) electrons. The molecular weight excluding hydrogens is 244 g/mol. The summed E-state index contributed by atoms with van der Waals surface area (Å²) in [4.78, 5) is 2.66. The molecule has 0 aromatic heterocycles. The number of hydrogen-bond donors (Lipinski definition) is 1. The van der Waals surface area contributed by atoms with Gasteiger partial charge in [0.25, 0.3) is 0 Å². The van der Waals surface area contributed by atoms with E-state index in [9.17, 15) is 0 Å². The molecule has 0 bridgehead atoms. The number of piperidine rings is 1. The first-order valence-corrected chi connectivity index (χ1v) is 8.35. The van der Waals surface area contributed by atoms with Crippen molar-refractivity contribution in [2.24, 2.45) is 5.92 Å². The molecule has 0 saturated carbocycles. The van der Waals surface area contributed by atoms with E-state index < -0.39 is 0 Å². The Hall–Kier alpha value is -0.860. The molecule has 0 atom stereocenters. The van der Waals surface area contributed by atoms with Crippen LogP contribution >= 0.6 is 0 Å². The molecule has 0 unspecified atom stereocenters. The molecule has 2 rings (SSSR count). The number of benzene rings is 1. The lowest BCUT2D eigenvalue weighted by Gasteiger charge is -2.32. The Morgan fingerprint density at radius 1 is 1.10 bits per heavy atom. The Kier molecular flexibility index (Phi) is 7.10. The van der Waals surface area contributed by atoms with E-state index in [0.717, 1.165) is 12.5 Å². The van der Waals surface area contributed by atoms with Gasteiger partial charge in [-0.1, -0.05) is 37.3 Å². The highest BCUT2D eigenvalue weighted by Gasteiger charge is 2.18. The second kappa shape index (κ2) is 9.15. The van der Waals surface area contributed by atoms with Crippen molar-refractivity contribution < 1.29 is 0 Å². The van der Waals surface area contributed by atoms with E-state index in [1.54, 1.807) is 0 Å². The molecule has 1 heterocycles. The van der Waals surface area contributed by atoms with Gasteiger partial charge in [0.05, 0.1) is 0 Å². The smallest absolute Gasteiger partial charge is 0.00160 e. The van der Waals surface area contributed by atoms with Crippen molar-refractivity contribution in [3.8, 4) is 0 Å². The summed E-state index contributed by atoms with van der Waals surface area (Å²) in [6.45, 7) is 8.37. The van der Waals surface area contributed by atoms with Crippen LogP contribution < -0.4 is 5.32 Å². The number of nitrogens with zero attached hydrogens (tertiary/aromatic N) is 1. The molecule has 1 saturated heterocycles. The summed E-state index contributed by atoms with van der Waals surface area (Å²) in [7, 11) is 0. The van der Waals surface area contributed by atoms with Crippen LogP contribution in [0.1, 0.15) is 38.2 Å². The van der Waals surface area contributed by atoms with E-state index in [1.165, 1.54) is 63.8 Å². The Bertz CT molecular complexity index is 342. The van der Waals surface area contributed by atoms with E-state index in [2.05, 4.69) is 47.5 Å². The number of nitrogens with one attached hydrogen (secondary N) is 1. The van der Waals surface area contributed by atoms with Gasteiger partial charge in [-0.3, -0.25) is 0 Å². The Balaban J connectivity index is 1.58. The Morgan fingerprint density at radius 3 is 2.55 bits per heavy atom. The Morgan fingerprint density at radius 2 is 1.85 bits per heavy atom. The average molecular weight is 274 g/mol. The molecule has 112 valence electrons.